The molecule has 0 aliphatic carbocycles. The summed E-state index contributed by atoms with van der Waals surface area (Å²) in [7, 11) is -2.48. The number of carbonyl (C=O) groups is 2. The smallest absolute Gasteiger partial charge is 0.338 e. The van der Waals surface area contributed by atoms with Gasteiger partial charge in [-0.25, -0.2) is 17.9 Å². The first kappa shape index (κ1) is 22.4. The number of hydrogen-bond acceptors (Lipinski definition) is 5. The largest absolute Gasteiger partial charge is 0.449 e. The topological polar surface area (TPSA) is 102 Å². The van der Waals surface area contributed by atoms with Crippen LogP contribution in [0.3, 0.4) is 0 Å². The molecule has 2 aromatic carbocycles. The molecule has 150 valence electrons. The Morgan fingerprint density at radius 1 is 1.07 bits per heavy atom. The number of sulfonamides is 1. The quantitative estimate of drug-likeness (QED) is 0.633. The van der Waals surface area contributed by atoms with E-state index in [-0.39, 0.29) is 26.2 Å². The van der Waals surface area contributed by atoms with E-state index in [1.807, 2.05) is 0 Å². The maximum atomic E-state index is 12.3. The summed E-state index contributed by atoms with van der Waals surface area (Å²) in [6.45, 7) is 1.35. The lowest BCUT2D eigenvalue weighted by Crippen LogP contribution is -2.30. The van der Waals surface area contributed by atoms with Crippen LogP contribution in [0.25, 0.3) is 0 Å². The Morgan fingerprint density at radius 3 is 2.25 bits per heavy atom. The van der Waals surface area contributed by atoms with Crippen LogP contribution in [0.5, 0.6) is 0 Å². The summed E-state index contributed by atoms with van der Waals surface area (Å²) in [6.07, 6.45) is -1.21. The highest BCUT2D eigenvalue weighted by atomic mass is 35.5. The summed E-state index contributed by atoms with van der Waals surface area (Å²) in [4.78, 5) is 24.5. The maximum Gasteiger partial charge on any atom is 0.338 e. The lowest BCUT2D eigenvalue weighted by molar-refractivity contribution is -0.123. The number of carbonyl (C=O) groups excluding carboxylic acids is 2. The number of amides is 1. The number of ether oxygens (including phenoxy) is 1. The molecule has 0 bridgehead atoms. The lowest BCUT2D eigenvalue weighted by Gasteiger charge is -2.15. The molecule has 1 amide bonds. The van der Waals surface area contributed by atoms with Crippen molar-refractivity contribution in [2.45, 2.75) is 17.9 Å². The molecule has 1 atom stereocenters. The molecule has 7 nitrogen and oxygen atoms in total. The van der Waals surface area contributed by atoms with Crippen molar-refractivity contribution in [2.75, 3.05) is 12.4 Å². The number of benzene rings is 2. The highest BCUT2D eigenvalue weighted by molar-refractivity contribution is 7.89. The van der Waals surface area contributed by atoms with Gasteiger partial charge in [-0.05, 0) is 44.3 Å². The van der Waals surface area contributed by atoms with E-state index < -0.39 is 28.0 Å². The predicted molar refractivity (Wildman–Crippen MR) is 108 cm³/mol. The van der Waals surface area contributed by atoms with Gasteiger partial charge in [-0.2, -0.15) is 0 Å². The molecule has 0 heterocycles. The van der Waals surface area contributed by atoms with Gasteiger partial charge >= 0.3 is 5.97 Å². The molecule has 0 aliphatic heterocycles. The summed E-state index contributed by atoms with van der Waals surface area (Å²) in [6, 6.07) is 8.02. The fourth-order valence-electron chi connectivity index (χ4n) is 2.08. The van der Waals surface area contributed by atoms with Crippen LogP contribution in [0.15, 0.2) is 41.3 Å². The minimum absolute atomic E-state index is 0.0291. The SMILES string of the molecule is CNS(=O)(=O)c1cccc(C(=O)OC(C)C(=O)Nc2c(Cl)cc(Cl)cc2Cl)c1. The zero-order valence-corrected chi connectivity index (χ0v) is 17.7. The Morgan fingerprint density at radius 2 is 1.68 bits per heavy atom. The van der Waals surface area contributed by atoms with Gasteiger partial charge in [-0.15, -0.1) is 0 Å². The van der Waals surface area contributed by atoms with Crippen molar-refractivity contribution in [3.8, 4) is 0 Å². The molecule has 0 spiro atoms. The molecule has 2 rings (SSSR count). The fourth-order valence-corrected chi connectivity index (χ4v) is 3.76. The average molecular weight is 466 g/mol. The van der Waals surface area contributed by atoms with Gasteiger partial charge in [0.05, 0.1) is 26.2 Å². The molecule has 0 aromatic heterocycles. The van der Waals surface area contributed by atoms with Crippen LogP contribution in [-0.2, 0) is 19.6 Å². The Labute approximate surface area is 177 Å². The Balaban J connectivity index is 2.13. The van der Waals surface area contributed by atoms with Gasteiger partial charge in [0.2, 0.25) is 10.0 Å². The van der Waals surface area contributed by atoms with E-state index in [9.17, 15) is 18.0 Å². The zero-order chi connectivity index (χ0) is 21.1. The number of halogens is 3. The summed E-state index contributed by atoms with van der Waals surface area (Å²) in [5.74, 6) is -1.55. The molecule has 0 saturated carbocycles. The lowest BCUT2D eigenvalue weighted by atomic mass is 10.2. The third kappa shape index (κ3) is 5.36. The van der Waals surface area contributed by atoms with Crippen LogP contribution in [-0.4, -0.2) is 33.4 Å². The van der Waals surface area contributed by atoms with Crippen LogP contribution in [0.4, 0.5) is 5.69 Å². The highest BCUT2D eigenvalue weighted by Gasteiger charge is 2.22. The van der Waals surface area contributed by atoms with Gasteiger partial charge in [0.25, 0.3) is 5.91 Å². The van der Waals surface area contributed by atoms with E-state index in [1.165, 1.54) is 44.3 Å². The summed E-state index contributed by atoms with van der Waals surface area (Å²) in [5, 5.41) is 3.00. The summed E-state index contributed by atoms with van der Waals surface area (Å²) in [5.41, 5.74) is 0.0984. The summed E-state index contributed by atoms with van der Waals surface area (Å²) >= 11 is 17.8. The van der Waals surface area contributed by atoms with Crippen LogP contribution < -0.4 is 10.0 Å². The second-order valence-electron chi connectivity index (χ2n) is 5.52. The number of nitrogens with one attached hydrogen (secondary N) is 2. The molecular weight excluding hydrogens is 451 g/mol. The van der Waals surface area contributed by atoms with E-state index in [0.29, 0.717) is 5.02 Å². The van der Waals surface area contributed by atoms with E-state index in [4.69, 9.17) is 39.5 Å². The van der Waals surface area contributed by atoms with Crippen molar-refractivity contribution in [3.63, 3.8) is 0 Å². The van der Waals surface area contributed by atoms with Crippen LogP contribution in [0, 0.1) is 0 Å². The summed E-state index contributed by atoms with van der Waals surface area (Å²) < 4.78 is 30.9. The normalized spacial score (nSPS) is 12.3. The van der Waals surface area contributed by atoms with Crippen molar-refractivity contribution in [1.29, 1.82) is 0 Å². The second-order valence-corrected chi connectivity index (χ2v) is 8.65. The molecule has 1 unspecified atom stereocenters. The number of esters is 1. The molecule has 28 heavy (non-hydrogen) atoms. The van der Waals surface area contributed by atoms with Crippen molar-refractivity contribution in [1.82, 2.24) is 4.72 Å². The van der Waals surface area contributed by atoms with Crippen molar-refractivity contribution in [3.05, 3.63) is 57.0 Å². The van der Waals surface area contributed by atoms with Crippen molar-refractivity contribution >= 4 is 62.4 Å². The highest BCUT2D eigenvalue weighted by Crippen LogP contribution is 2.33. The first-order valence-electron chi connectivity index (χ1n) is 7.75. The first-order valence-corrected chi connectivity index (χ1v) is 10.4. The molecule has 0 saturated heterocycles. The van der Waals surface area contributed by atoms with E-state index in [0.717, 1.165) is 6.07 Å². The molecule has 2 aromatic rings. The van der Waals surface area contributed by atoms with E-state index in [1.54, 1.807) is 0 Å². The second kappa shape index (κ2) is 9.11. The van der Waals surface area contributed by atoms with E-state index >= 15 is 0 Å². The molecular formula is C17H15Cl3N2O5S. The number of hydrogen-bond donors (Lipinski definition) is 2. The fraction of sp³-hybridized carbons (Fsp3) is 0.176. The first-order chi connectivity index (χ1) is 13.0. The predicted octanol–water partition coefficient (Wildman–Crippen LogP) is 3.74. The van der Waals surface area contributed by atoms with Gasteiger partial charge in [0.15, 0.2) is 6.10 Å². The molecule has 0 radical (unpaired) electrons. The van der Waals surface area contributed by atoms with Crippen LogP contribution >= 0.6 is 34.8 Å². The Kier molecular flexibility index (Phi) is 7.30. The van der Waals surface area contributed by atoms with Gasteiger partial charge < -0.3 is 10.1 Å². The minimum atomic E-state index is -3.73. The monoisotopic (exact) mass is 464 g/mol. The van der Waals surface area contributed by atoms with Gasteiger partial charge in [0.1, 0.15) is 0 Å². The Bertz CT molecular complexity index is 1000. The van der Waals surface area contributed by atoms with Crippen LogP contribution in [0.1, 0.15) is 17.3 Å². The standard InChI is InChI=1S/C17H15Cl3N2O5S/c1-9(16(23)22-15-13(19)7-11(18)8-14(15)20)27-17(24)10-4-3-5-12(6-10)28(25,26)21-2/h3-9,21H,1-2H3,(H,22,23). The zero-order valence-electron chi connectivity index (χ0n) is 14.6. The van der Waals surface area contributed by atoms with E-state index in [2.05, 4.69) is 10.0 Å². The van der Waals surface area contributed by atoms with Crippen molar-refractivity contribution < 1.29 is 22.7 Å². The van der Waals surface area contributed by atoms with Gasteiger partial charge in [0, 0.05) is 5.02 Å². The minimum Gasteiger partial charge on any atom is -0.449 e. The number of anilines is 1. The molecule has 0 fully saturated rings. The molecule has 2 N–H and O–H groups in total. The van der Waals surface area contributed by atoms with Gasteiger partial charge in [-0.3, -0.25) is 4.79 Å². The number of rotatable bonds is 6. The third-order valence-electron chi connectivity index (χ3n) is 3.56. The van der Waals surface area contributed by atoms with Crippen LogP contribution in [0.2, 0.25) is 15.1 Å². The maximum absolute atomic E-state index is 12.3. The Hall–Kier alpha value is -1.84. The van der Waals surface area contributed by atoms with Gasteiger partial charge in [-0.1, -0.05) is 40.9 Å². The third-order valence-corrected chi connectivity index (χ3v) is 5.78. The molecule has 0 aliphatic rings. The molecule has 11 heteroatoms. The average Bonchev–Trinajstić information content (AvgIpc) is 2.64. The van der Waals surface area contributed by atoms with Crippen molar-refractivity contribution in [2.24, 2.45) is 0 Å².